The molecule has 0 radical (unpaired) electrons. The molecule has 2 saturated heterocycles. The number of rotatable bonds is 2. The molecule has 2 aliphatic rings. The Morgan fingerprint density at radius 2 is 2.10 bits per heavy atom. The molecule has 0 spiro atoms. The molecule has 1 N–H and O–H groups in total. The molecule has 2 aliphatic heterocycles. The van der Waals surface area contributed by atoms with Gasteiger partial charge in [-0.05, 0) is 6.07 Å². The van der Waals surface area contributed by atoms with E-state index in [0.717, 1.165) is 11.3 Å². The number of thiophene rings is 1. The van der Waals surface area contributed by atoms with Crippen molar-refractivity contribution in [2.45, 2.75) is 10.3 Å². The van der Waals surface area contributed by atoms with Crippen LogP contribution in [0.25, 0.3) is 0 Å². The fourth-order valence-corrected chi connectivity index (χ4v) is 5.93. The van der Waals surface area contributed by atoms with Crippen LogP contribution in [0.15, 0.2) is 10.3 Å². The second kappa shape index (κ2) is 5.68. The number of hydrogen-bond donors (Lipinski definition) is 1. The van der Waals surface area contributed by atoms with Crippen molar-refractivity contribution in [1.29, 1.82) is 0 Å². The first-order valence-corrected chi connectivity index (χ1v) is 9.22. The van der Waals surface area contributed by atoms with Crippen molar-refractivity contribution in [1.82, 2.24) is 9.62 Å². The third-order valence-corrected chi connectivity index (χ3v) is 7.57. The quantitative estimate of drug-likeness (QED) is 0.848. The summed E-state index contributed by atoms with van der Waals surface area (Å²) in [5.74, 6) is -0.671. The van der Waals surface area contributed by atoms with E-state index in [1.54, 1.807) is 0 Å². The molecule has 2 bridgehead atoms. The van der Waals surface area contributed by atoms with Crippen LogP contribution in [0.5, 0.6) is 0 Å². The second-order valence-electron chi connectivity index (χ2n) is 4.95. The summed E-state index contributed by atoms with van der Waals surface area (Å²) in [6.45, 7) is 0.802. The Kier molecular flexibility index (Phi) is 4.19. The molecule has 0 aromatic carbocycles. The van der Waals surface area contributed by atoms with Crippen molar-refractivity contribution >= 4 is 50.5 Å². The van der Waals surface area contributed by atoms with E-state index >= 15 is 0 Å². The van der Waals surface area contributed by atoms with Gasteiger partial charge in [0.15, 0.2) is 0 Å². The lowest BCUT2D eigenvalue weighted by molar-refractivity contribution is -0.125. The summed E-state index contributed by atoms with van der Waals surface area (Å²) in [4.78, 5) is 11.9. The predicted octanol–water partition coefficient (Wildman–Crippen LogP) is 1.19. The van der Waals surface area contributed by atoms with E-state index in [1.165, 1.54) is 10.4 Å². The first-order valence-electron chi connectivity index (χ1n) is 6.21. The minimum atomic E-state index is -3.72. The van der Waals surface area contributed by atoms with Gasteiger partial charge in [-0.3, -0.25) is 4.79 Å². The Bertz CT molecular complexity index is 656. The van der Waals surface area contributed by atoms with E-state index in [2.05, 4.69) is 5.32 Å². The Morgan fingerprint density at radius 3 is 2.76 bits per heavy atom. The number of carbonyl (C=O) groups excluding carboxylic acids is 1. The van der Waals surface area contributed by atoms with Gasteiger partial charge in [0.25, 0.3) is 10.0 Å². The summed E-state index contributed by atoms with van der Waals surface area (Å²) >= 11 is 12.6. The van der Waals surface area contributed by atoms with Crippen LogP contribution in [0.2, 0.25) is 9.36 Å². The van der Waals surface area contributed by atoms with Gasteiger partial charge >= 0.3 is 0 Å². The Balaban J connectivity index is 1.94. The Labute approximate surface area is 136 Å². The summed E-state index contributed by atoms with van der Waals surface area (Å²) in [7, 11) is -3.72. The highest BCUT2D eigenvalue weighted by Crippen LogP contribution is 2.36. The normalized spacial score (nSPS) is 27.2. The SMILES string of the molecule is O=C1N[C@@H]2COC[C@H]1CN(S(=O)(=O)c1cc(Cl)c(Cl)s1)C2. The van der Waals surface area contributed by atoms with E-state index in [-0.39, 0.29) is 45.2 Å². The molecule has 3 heterocycles. The van der Waals surface area contributed by atoms with E-state index < -0.39 is 15.9 Å². The van der Waals surface area contributed by atoms with E-state index in [0.29, 0.717) is 6.61 Å². The molecule has 2 atom stereocenters. The molecule has 3 rings (SSSR count). The number of carbonyl (C=O) groups is 1. The van der Waals surface area contributed by atoms with Crippen LogP contribution in [0.4, 0.5) is 0 Å². The minimum Gasteiger partial charge on any atom is -0.378 e. The van der Waals surface area contributed by atoms with Gasteiger partial charge in [-0.15, -0.1) is 11.3 Å². The van der Waals surface area contributed by atoms with Gasteiger partial charge in [0, 0.05) is 13.1 Å². The molecule has 0 aliphatic carbocycles. The molecule has 1 aromatic rings. The maximum absolute atomic E-state index is 12.7. The zero-order valence-electron chi connectivity index (χ0n) is 10.7. The van der Waals surface area contributed by atoms with Crippen molar-refractivity contribution in [3.05, 3.63) is 15.4 Å². The van der Waals surface area contributed by atoms with Gasteiger partial charge in [-0.25, -0.2) is 8.42 Å². The van der Waals surface area contributed by atoms with Gasteiger partial charge in [0.05, 0.1) is 30.2 Å². The predicted molar refractivity (Wildman–Crippen MR) is 79.3 cm³/mol. The average molecular weight is 371 g/mol. The zero-order chi connectivity index (χ0) is 15.2. The number of sulfonamides is 1. The van der Waals surface area contributed by atoms with Crippen molar-refractivity contribution in [2.75, 3.05) is 26.3 Å². The van der Waals surface area contributed by atoms with E-state index in [9.17, 15) is 13.2 Å². The van der Waals surface area contributed by atoms with Crippen LogP contribution in [0.1, 0.15) is 0 Å². The summed E-state index contributed by atoms with van der Waals surface area (Å²) in [5, 5.41) is 3.01. The topological polar surface area (TPSA) is 75.7 Å². The number of ether oxygens (including phenoxy) is 1. The van der Waals surface area contributed by atoms with Crippen molar-refractivity contribution < 1.29 is 17.9 Å². The van der Waals surface area contributed by atoms with Crippen molar-refractivity contribution in [3.63, 3.8) is 0 Å². The highest BCUT2D eigenvalue weighted by molar-refractivity contribution is 7.91. The second-order valence-corrected chi connectivity index (χ2v) is 9.18. The average Bonchev–Trinajstić information content (AvgIpc) is 2.57. The monoisotopic (exact) mass is 370 g/mol. The number of nitrogens with zero attached hydrogens (tertiary/aromatic N) is 1. The largest absolute Gasteiger partial charge is 0.378 e. The summed E-state index contributed by atoms with van der Waals surface area (Å²) in [5.41, 5.74) is 0. The molecule has 1 amide bonds. The van der Waals surface area contributed by atoms with E-state index in [4.69, 9.17) is 27.9 Å². The van der Waals surface area contributed by atoms with Gasteiger partial charge in [-0.1, -0.05) is 23.2 Å². The van der Waals surface area contributed by atoms with Crippen molar-refractivity contribution in [3.8, 4) is 0 Å². The van der Waals surface area contributed by atoms with Crippen LogP contribution in [-0.4, -0.2) is 51.0 Å². The maximum Gasteiger partial charge on any atom is 0.252 e. The minimum absolute atomic E-state index is 0.0887. The van der Waals surface area contributed by atoms with Crippen molar-refractivity contribution in [2.24, 2.45) is 5.92 Å². The van der Waals surface area contributed by atoms with Gasteiger partial charge in [-0.2, -0.15) is 4.31 Å². The lowest BCUT2D eigenvalue weighted by atomic mass is 10.1. The lowest BCUT2D eigenvalue weighted by Crippen LogP contribution is -2.44. The smallest absolute Gasteiger partial charge is 0.252 e. The Hall–Kier alpha value is -0.380. The molecule has 0 saturated carbocycles. The molecule has 2 fully saturated rings. The number of halogens is 2. The van der Waals surface area contributed by atoms with Crippen LogP contribution < -0.4 is 5.32 Å². The summed E-state index contributed by atoms with van der Waals surface area (Å²) in [6.07, 6.45) is 0. The molecule has 116 valence electrons. The number of fused-ring (bicyclic) bond motifs is 3. The molecule has 10 heteroatoms. The molecular weight excluding hydrogens is 359 g/mol. The third-order valence-electron chi connectivity index (χ3n) is 3.42. The molecule has 1 aromatic heterocycles. The lowest BCUT2D eigenvalue weighted by Gasteiger charge is -2.26. The zero-order valence-corrected chi connectivity index (χ0v) is 13.9. The molecule has 0 unspecified atom stereocenters. The first-order chi connectivity index (χ1) is 9.88. The summed E-state index contributed by atoms with van der Waals surface area (Å²) < 4.78 is 32.4. The fraction of sp³-hybridized carbons (Fsp3) is 0.545. The number of nitrogens with one attached hydrogen (secondary N) is 1. The maximum atomic E-state index is 12.7. The molecule has 21 heavy (non-hydrogen) atoms. The number of hydrogen-bond acceptors (Lipinski definition) is 5. The third kappa shape index (κ3) is 2.93. The van der Waals surface area contributed by atoms with Crippen LogP contribution >= 0.6 is 34.5 Å². The highest BCUT2D eigenvalue weighted by atomic mass is 35.5. The van der Waals surface area contributed by atoms with E-state index in [1.807, 2.05) is 0 Å². The standard InChI is InChI=1S/C11H12Cl2N2O4S2/c12-8-1-9(20-10(8)13)21(17,18)15-2-6-4-19-5-7(3-15)14-11(6)16/h1,6-7H,2-5H2,(H,14,16)/t6-,7+/m1/s1. The summed E-state index contributed by atoms with van der Waals surface area (Å²) in [6, 6.07) is 1.00. The first kappa shape index (κ1) is 15.5. The van der Waals surface area contributed by atoms with Gasteiger partial charge in [0.1, 0.15) is 8.55 Å². The van der Waals surface area contributed by atoms with Crippen LogP contribution in [0.3, 0.4) is 0 Å². The fourth-order valence-electron chi connectivity index (χ4n) is 2.37. The van der Waals surface area contributed by atoms with Gasteiger partial charge in [0.2, 0.25) is 5.91 Å². The van der Waals surface area contributed by atoms with Crippen LogP contribution in [-0.2, 0) is 19.6 Å². The molecular formula is C11H12Cl2N2O4S2. The highest BCUT2D eigenvalue weighted by Gasteiger charge is 2.39. The Morgan fingerprint density at radius 1 is 1.33 bits per heavy atom. The number of amides is 1. The van der Waals surface area contributed by atoms with Gasteiger partial charge < -0.3 is 10.1 Å². The molecule has 6 nitrogen and oxygen atoms in total. The van der Waals surface area contributed by atoms with Crippen LogP contribution in [0, 0.1) is 5.92 Å².